The topological polar surface area (TPSA) is 42.0 Å². The number of benzene rings is 1. The molecule has 0 saturated carbocycles. The highest BCUT2D eigenvalue weighted by molar-refractivity contribution is 5.99. The molecule has 17 heavy (non-hydrogen) atoms. The van der Waals surface area contributed by atoms with Crippen molar-refractivity contribution in [3.8, 4) is 11.1 Å². The largest absolute Gasteiger partial charge is 0.326 e. The van der Waals surface area contributed by atoms with E-state index in [-0.39, 0.29) is 11.7 Å². The summed E-state index contributed by atoms with van der Waals surface area (Å²) in [5.41, 5.74) is 3.36. The van der Waals surface area contributed by atoms with Gasteiger partial charge in [-0.1, -0.05) is 6.07 Å². The zero-order chi connectivity index (χ0) is 11.8. The van der Waals surface area contributed by atoms with Crippen molar-refractivity contribution >= 4 is 11.6 Å². The number of carbonyl (C=O) groups is 1. The third-order valence-electron chi connectivity index (χ3n) is 2.77. The first-order valence-corrected chi connectivity index (χ1v) is 5.26. The second-order valence-electron chi connectivity index (χ2n) is 3.99. The fourth-order valence-electron chi connectivity index (χ4n) is 1.98. The van der Waals surface area contributed by atoms with Gasteiger partial charge in [0.2, 0.25) is 5.91 Å². The first kappa shape index (κ1) is 9.96. The maximum Gasteiger partial charge on any atom is 0.228 e. The van der Waals surface area contributed by atoms with Gasteiger partial charge in [0, 0.05) is 17.4 Å². The molecule has 1 aliphatic rings. The molecule has 0 spiro atoms. The monoisotopic (exact) mass is 228 g/mol. The Morgan fingerprint density at radius 2 is 2.06 bits per heavy atom. The zero-order valence-corrected chi connectivity index (χ0v) is 8.90. The molecule has 0 radical (unpaired) electrons. The van der Waals surface area contributed by atoms with Crippen LogP contribution < -0.4 is 5.32 Å². The Kier molecular flexibility index (Phi) is 2.14. The van der Waals surface area contributed by atoms with E-state index in [1.54, 1.807) is 6.20 Å². The molecular weight excluding hydrogens is 219 g/mol. The van der Waals surface area contributed by atoms with E-state index in [4.69, 9.17) is 0 Å². The first-order valence-electron chi connectivity index (χ1n) is 5.26. The molecule has 1 aromatic heterocycles. The Balaban J connectivity index is 2.06. The number of nitrogens with zero attached hydrogens (tertiary/aromatic N) is 1. The van der Waals surface area contributed by atoms with Crippen LogP contribution in [0.4, 0.5) is 10.1 Å². The Morgan fingerprint density at radius 3 is 2.88 bits per heavy atom. The van der Waals surface area contributed by atoms with Crippen LogP contribution >= 0.6 is 0 Å². The fourth-order valence-corrected chi connectivity index (χ4v) is 1.98. The lowest BCUT2D eigenvalue weighted by Crippen LogP contribution is -2.03. The van der Waals surface area contributed by atoms with Gasteiger partial charge in [-0.15, -0.1) is 0 Å². The minimum Gasteiger partial charge on any atom is -0.326 e. The highest BCUT2D eigenvalue weighted by Gasteiger charge is 2.17. The molecule has 2 heterocycles. The van der Waals surface area contributed by atoms with E-state index in [1.165, 1.54) is 12.3 Å². The number of aromatic nitrogens is 1. The number of halogens is 1. The van der Waals surface area contributed by atoms with E-state index in [0.29, 0.717) is 12.0 Å². The van der Waals surface area contributed by atoms with E-state index >= 15 is 0 Å². The second-order valence-corrected chi connectivity index (χ2v) is 3.99. The maximum atomic E-state index is 13.1. The van der Waals surface area contributed by atoms with Gasteiger partial charge in [-0.25, -0.2) is 4.39 Å². The van der Waals surface area contributed by atoms with Crippen LogP contribution in [0.15, 0.2) is 36.7 Å². The molecule has 3 nitrogen and oxygen atoms in total. The number of fused-ring (bicyclic) bond motifs is 1. The Morgan fingerprint density at radius 1 is 1.18 bits per heavy atom. The number of hydrogen-bond donors (Lipinski definition) is 1. The van der Waals surface area contributed by atoms with Crippen LogP contribution in [0.2, 0.25) is 0 Å². The van der Waals surface area contributed by atoms with Gasteiger partial charge in [-0.3, -0.25) is 9.78 Å². The van der Waals surface area contributed by atoms with E-state index in [1.807, 2.05) is 18.2 Å². The van der Waals surface area contributed by atoms with Crippen LogP contribution in [0.1, 0.15) is 5.56 Å². The van der Waals surface area contributed by atoms with E-state index in [9.17, 15) is 9.18 Å². The van der Waals surface area contributed by atoms with Crippen molar-refractivity contribution in [3.63, 3.8) is 0 Å². The molecule has 0 aliphatic carbocycles. The smallest absolute Gasteiger partial charge is 0.228 e. The Hall–Kier alpha value is -2.23. The van der Waals surface area contributed by atoms with Gasteiger partial charge in [0.1, 0.15) is 5.82 Å². The zero-order valence-electron chi connectivity index (χ0n) is 8.90. The van der Waals surface area contributed by atoms with E-state index in [0.717, 1.165) is 16.8 Å². The molecule has 2 aromatic rings. The summed E-state index contributed by atoms with van der Waals surface area (Å²) in [6.07, 6.45) is 3.16. The Bertz CT molecular complexity index is 610. The lowest BCUT2D eigenvalue weighted by molar-refractivity contribution is -0.115. The number of hydrogen-bond acceptors (Lipinski definition) is 2. The predicted molar refractivity (Wildman–Crippen MR) is 62.0 cm³/mol. The molecule has 0 unspecified atom stereocenters. The number of carbonyl (C=O) groups excluding carboxylic acids is 1. The van der Waals surface area contributed by atoms with Crippen molar-refractivity contribution in [1.82, 2.24) is 4.98 Å². The summed E-state index contributed by atoms with van der Waals surface area (Å²) < 4.78 is 13.1. The lowest BCUT2D eigenvalue weighted by atomic mass is 10.0. The summed E-state index contributed by atoms with van der Waals surface area (Å²) in [5, 5.41) is 2.76. The molecule has 1 N–H and O–H groups in total. The van der Waals surface area contributed by atoms with Crippen LogP contribution in [0.5, 0.6) is 0 Å². The molecule has 4 heteroatoms. The van der Waals surface area contributed by atoms with Gasteiger partial charge in [0.15, 0.2) is 0 Å². The van der Waals surface area contributed by atoms with Crippen molar-refractivity contribution in [3.05, 3.63) is 48.0 Å². The van der Waals surface area contributed by atoms with Crippen molar-refractivity contribution in [2.45, 2.75) is 6.42 Å². The highest BCUT2D eigenvalue weighted by Crippen LogP contribution is 2.28. The summed E-state index contributed by atoms with van der Waals surface area (Å²) in [6, 6.07) is 7.00. The van der Waals surface area contributed by atoms with Crippen molar-refractivity contribution in [2.75, 3.05) is 5.32 Å². The summed E-state index contributed by atoms with van der Waals surface area (Å²) in [7, 11) is 0. The number of pyridine rings is 1. The minimum atomic E-state index is -0.364. The average molecular weight is 228 g/mol. The van der Waals surface area contributed by atoms with Crippen LogP contribution in [-0.4, -0.2) is 10.9 Å². The van der Waals surface area contributed by atoms with Crippen molar-refractivity contribution < 1.29 is 9.18 Å². The molecular formula is C13H9FN2O. The lowest BCUT2D eigenvalue weighted by Gasteiger charge is -2.04. The summed E-state index contributed by atoms with van der Waals surface area (Å²) in [5.74, 6) is -0.369. The SMILES string of the molecule is O=C1Cc2cc(-c3cncc(F)c3)ccc2N1. The molecule has 0 atom stereocenters. The van der Waals surface area contributed by atoms with Crippen LogP contribution in [0.3, 0.4) is 0 Å². The third kappa shape index (κ3) is 1.78. The van der Waals surface area contributed by atoms with E-state index in [2.05, 4.69) is 10.3 Å². The number of rotatable bonds is 1. The van der Waals surface area contributed by atoms with Crippen molar-refractivity contribution in [1.29, 1.82) is 0 Å². The molecule has 0 bridgehead atoms. The van der Waals surface area contributed by atoms with E-state index < -0.39 is 0 Å². The molecule has 84 valence electrons. The van der Waals surface area contributed by atoms with Crippen LogP contribution in [0.25, 0.3) is 11.1 Å². The van der Waals surface area contributed by atoms with Crippen molar-refractivity contribution in [2.24, 2.45) is 0 Å². The number of anilines is 1. The summed E-state index contributed by atoms with van der Waals surface area (Å²) >= 11 is 0. The molecule has 1 aromatic carbocycles. The predicted octanol–water partition coefficient (Wildman–Crippen LogP) is 2.38. The summed E-state index contributed by atoms with van der Waals surface area (Å²) in [4.78, 5) is 15.0. The third-order valence-corrected chi connectivity index (χ3v) is 2.77. The van der Waals surface area contributed by atoms with Gasteiger partial charge in [-0.05, 0) is 29.3 Å². The number of nitrogens with one attached hydrogen (secondary N) is 1. The van der Waals surface area contributed by atoms with Gasteiger partial charge in [0.25, 0.3) is 0 Å². The van der Waals surface area contributed by atoms with Gasteiger partial charge in [0.05, 0.1) is 12.6 Å². The molecule has 0 saturated heterocycles. The maximum absolute atomic E-state index is 13.1. The normalized spacial score (nSPS) is 13.4. The molecule has 1 aliphatic heterocycles. The fraction of sp³-hybridized carbons (Fsp3) is 0.0769. The number of amides is 1. The molecule has 1 amide bonds. The van der Waals surface area contributed by atoms with Gasteiger partial charge in [-0.2, -0.15) is 0 Å². The Labute approximate surface area is 97.3 Å². The highest BCUT2D eigenvalue weighted by atomic mass is 19.1. The average Bonchev–Trinajstić information content (AvgIpc) is 2.68. The minimum absolute atomic E-state index is 0.00508. The second kappa shape index (κ2) is 3.66. The standard InChI is InChI=1S/C13H9FN2O/c14-11-4-10(6-15-7-11)8-1-2-12-9(3-8)5-13(17)16-12/h1-4,6-7H,5H2,(H,16,17). The van der Waals surface area contributed by atoms with Gasteiger partial charge < -0.3 is 5.32 Å². The molecule has 3 rings (SSSR count). The van der Waals surface area contributed by atoms with Crippen LogP contribution in [0, 0.1) is 5.82 Å². The summed E-state index contributed by atoms with van der Waals surface area (Å²) in [6.45, 7) is 0. The molecule has 0 fully saturated rings. The first-order chi connectivity index (χ1) is 8.22. The van der Waals surface area contributed by atoms with Gasteiger partial charge >= 0.3 is 0 Å². The quantitative estimate of drug-likeness (QED) is 0.814. The van der Waals surface area contributed by atoms with Crippen LogP contribution in [-0.2, 0) is 11.2 Å².